The third-order valence-corrected chi connectivity index (χ3v) is 4.25. The molecule has 0 aliphatic carbocycles. The predicted molar refractivity (Wildman–Crippen MR) is 104 cm³/mol. The Hall–Kier alpha value is -3.28. The summed E-state index contributed by atoms with van der Waals surface area (Å²) < 4.78 is 0. The van der Waals surface area contributed by atoms with Crippen LogP contribution in [0.4, 0.5) is 5.69 Å². The first kappa shape index (κ1) is 17.1. The summed E-state index contributed by atoms with van der Waals surface area (Å²) in [5.41, 5.74) is 6.94. The molecule has 7 heteroatoms. The van der Waals surface area contributed by atoms with Crippen molar-refractivity contribution in [3.63, 3.8) is 0 Å². The normalized spacial score (nSPS) is 12.0. The van der Waals surface area contributed by atoms with Crippen molar-refractivity contribution in [3.05, 3.63) is 70.1 Å². The third kappa shape index (κ3) is 3.38. The minimum Gasteiger partial charge on any atom is -0.355 e. The van der Waals surface area contributed by atoms with Crippen LogP contribution >= 0.6 is 0 Å². The summed E-state index contributed by atoms with van der Waals surface area (Å²) in [7, 11) is 0. The number of aromatic nitrogens is 4. The van der Waals surface area contributed by atoms with Crippen LogP contribution in [0.3, 0.4) is 0 Å². The summed E-state index contributed by atoms with van der Waals surface area (Å²) in [6, 6.07) is 13.4. The molecule has 2 aliphatic heterocycles. The van der Waals surface area contributed by atoms with E-state index in [-0.39, 0.29) is 17.1 Å². The van der Waals surface area contributed by atoms with E-state index in [1.54, 1.807) is 6.07 Å². The number of hydrogen-bond donors (Lipinski definition) is 2. The average Bonchev–Trinajstić information content (AvgIpc) is 3.39. The summed E-state index contributed by atoms with van der Waals surface area (Å²) in [6.45, 7) is 0. The van der Waals surface area contributed by atoms with Crippen LogP contribution in [0.2, 0.25) is 0 Å². The Kier molecular flexibility index (Phi) is 4.31. The van der Waals surface area contributed by atoms with Gasteiger partial charge in [-0.25, -0.2) is 9.97 Å². The standard InChI is InChI=1S/C20H13N5O.Fe/c26-25-20-11-18-9-16-4-3-14(22-16)7-12-1-2-13(21-12)8-15-5-6-17(23-15)10-19(20)24-18;/h1-11,21,24H;. The zero-order valence-corrected chi connectivity index (χ0v) is 15.1. The molecule has 0 spiro atoms. The molecule has 0 unspecified atom stereocenters. The van der Waals surface area contributed by atoms with Gasteiger partial charge >= 0.3 is 0 Å². The van der Waals surface area contributed by atoms with Gasteiger partial charge in [0.2, 0.25) is 0 Å². The first-order valence-electron chi connectivity index (χ1n) is 8.17. The molecule has 3 aromatic rings. The average molecular weight is 395 g/mol. The van der Waals surface area contributed by atoms with Gasteiger partial charge in [-0.1, -0.05) is 0 Å². The van der Waals surface area contributed by atoms with Crippen molar-refractivity contribution in [1.29, 1.82) is 0 Å². The number of nitrogens with one attached hydrogen (secondary N) is 2. The number of nitroso groups, excluding NO2 is 1. The number of fused-ring (bicyclic) bond motifs is 8. The molecule has 0 fully saturated rings. The summed E-state index contributed by atoms with van der Waals surface area (Å²) in [4.78, 5) is 26.9. The van der Waals surface area contributed by atoms with Crippen LogP contribution in [0.5, 0.6) is 0 Å². The zero-order chi connectivity index (χ0) is 17.5. The topological polar surface area (TPSA) is 86.8 Å². The molecule has 5 heterocycles. The van der Waals surface area contributed by atoms with Gasteiger partial charge in [-0.15, -0.1) is 4.91 Å². The molecule has 8 bridgehead atoms. The van der Waals surface area contributed by atoms with Crippen molar-refractivity contribution in [1.82, 2.24) is 19.9 Å². The Morgan fingerprint density at radius 1 is 0.667 bits per heavy atom. The summed E-state index contributed by atoms with van der Waals surface area (Å²) >= 11 is 0. The van der Waals surface area contributed by atoms with Gasteiger partial charge < -0.3 is 9.97 Å². The summed E-state index contributed by atoms with van der Waals surface area (Å²) in [6.07, 6.45) is 7.72. The van der Waals surface area contributed by atoms with Crippen molar-refractivity contribution in [2.45, 2.75) is 0 Å². The SMILES string of the molecule is O=Nc1cc2cc3nc(cc4ccc(cc5nc(cc1[nH]2)C=C5)[nH]4)C=C3.[Fe]. The van der Waals surface area contributed by atoms with Gasteiger partial charge in [0, 0.05) is 33.6 Å². The van der Waals surface area contributed by atoms with Gasteiger partial charge in [-0.2, -0.15) is 0 Å². The Labute approximate surface area is 164 Å². The monoisotopic (exact) mass is 395 g/mol. The van der Waals surface area contributed by atoms with Gasteiger partial charge in [0.15, 0.2) is 0 Å². The quantitative estimate of drug-likeness (QED) is 0.308. The van der Waals surface area contributed by atoms with E-state index in [4.69, 9.17) is 0 Å². The van der Waals surface area contributed by atoms with Crippen molar-refractivity contribution >= 4 is 52.1 Å². The molecule has 5 rings (SSSR count). The van der Waals surface area contributed by atoms with Crippen LogP contribution in [0.15, 0.2) is 47.6 Å². The second-order valence-electron chi connectivity index (χ2n) is 6.15. The van der Waals surface area contributed by atoms with Gasteiger partial charge in [0.1, 0.15) is 5.69 Å². The molecule has 0 atom stereocenters. The molecule has 132 valence electrons. The number of rotatable bonds is 1. The molecule has 27 heavy (non-hydrogen) atoms. The number of nitrogens with zero attached hydrogens (tertiary/aromatic N) is 3. The van der Waals surface area contributed by atoms with E-state index in [0.717, 1.165) is 39.3 Å². The Morgan fingerprint density at radius 3 is 1.74 bits per heavy atom. The van der Waals surface area contributed by atoms with E-state index in [9.17, 15) is 4.91 Å². The maximum Gasteiger partial charge on any atom is 0.133 e. The minimum atomic E-state index is 0. The van der Waals surface area contributed by atoms with E-state index in [2.05, 4.69) is 25.1 Å². The molecular weight excluding hydrogens is 382 g/mol. The fourth-order valence-corrected chi connectivity index (χ4v) is 3.08. The first-order valence-corrected chi connectivity index (χ1v) is 8.17. The van der Waals surface area contributed by atoms with E-state index in [0.29, 0.717) is 11.2 Å². The van der Waals surface area contributed by atoms with Crippen molar-refractivity contribution in [2.75, 3.05) is 0 Å². The van der Waals surface area contributed by atoms with Gasteiger partial charge in [-0.05, 0) is 71.9 Å². The van der Waals surface area contributed by atoms with Crippen LogP contribution in [0.1, 0.15) is 22.8 Å². The summed E-state index contributed by atoms with van der Waals surface area (Å²) in [5, 5.41) is 3.11. The minimum absolute atomic E-state index is 0. The number of hydrogen-bond acceptors (Lipinski definition) is 4. The summed E-state index contributed by atoms with van der Waals surface area (Å²) in [5.74, 6) is 0. The zero-order valence-electron chi connectivity index (χ0n) is 14.0. The van der Waals surface area contributed by atoms with Crippen molar-refractivity contribution in [2.24, 2.45) is 5.18 Å². The first-order chi connectivity index (χ1) is 12.7. The molecular formula is C20H13FeN5O. The van der Waals surface area contributed by atoms with Crippen LogP contribution in [0.25, 0.3) is 46.4 Å². The maximum absolute atomic E-state index is 11.2. The molecule has 2 aliphatic rings. The molecule has 0 amide bonds. The maximum atomic E-state index is 11.2. The van der Waals surface area contributed by atoms with Gasteiger partial charge in [-0.3, -0.25) is 0 Å². The second-order valence-corrected chi connectivity index (χ2v) is 6.15. The Morgan fingerprint density at radius 2 is 1.19 bits per heavy atom. The smallest absolute Gasteiger partial charge is 0.133 e. The number of H-pyrrole nitrogens is 2. The second kappa shape index (κ2) is 6.79. The van der Waals surface area contributed by atoms with Gasteiger partial charge in [0.25, 0.3) is 0 Å². The van der Waals surface area contributed by atoms with Crippen LogP contribution in [0, 0.1) is 4.91 Å². The molecule has 0 radical (unpaired) electrons. The Balaban J connectivity index is 0.00000180. The fourth-order valence-electron chi connectivity index (χ4n) is 3.08. The van der Waals surface area contributed by atoms with Crippen LogP contribution in [-0.4, -0.2) is 19.9 Å². The van der Waals surface area contributed by atoms with E-state index < -0.39 is 0 Å². The molecule has 0 saturated heterocycles. The third-order valence-electron chi connectivity index (χ3n) is 4.25. The van der Waals surface area contributed by atoms with Crippen molar-refractivity contribution < 1.29 is 17.1 Å². The van der Waals surface area contributed by atoms with Crippen molar-refractivity contribution in [3.8, 4) is 0 Å². The molecule has 0 aromatic carbocycles. The molecule has 2 N–H and O–H groups in total. The Bertz CT molecular complexity index is 1270. The van der Waals surface area contributed by atoms with E-state index >= 15 is 0 Å². The predicted octanol–water partition coefficient (Wildman–Crippen LogP) is 5.05. The van der Waals surface area contributed by atoms with Gasteiger partial charge in [0.05, 0.1) is 28.3 Å². The van der Waals surface area contributed by atoms with Crippen LogP contribution in [-0.2, 0) is 17.1 Å². The molecule has 3 aromatic heterocycles. The molecule has 6 nitrogen and oxygen atoms in total. The van der Waals surface area contributed by atoms with Crippen LogP contribution < -0.4 is 0 Å². The van der Waals surface area contributed by atoms with E-state index in [1.165, 1.54) is 0 Å². The molecule has 0 saturated carbocycles. The largest absolute Gasteiger partial charge is 0.355 e. The van der Waals surface area contributed by atoms with E-state index in [1.807, 2.05) is 60.7 Å². The fraction of sp³-hybridized carbons (Fsp3) is 0. The number of aromatic amines is 2.